The van der Waals surface area contributed by atoms with Gasteiger partial charge in [0, 0.05) is 0 Å². The number of benzene rings is 4. The van der Waals surface area contributed by atoms with Crippen LogP contribution in [0.15, 0.2) is 97.1 Å². The Morgan fingerprint density at radius 3 is 0.733 bits per heavy atom. The van der Waals surface area contributed by atoms with Crippen molar-refractivity contribution in [2.45, 2.75) is 27.7 Å². The van der Waals surface area contributed by atoms with Crippen LogP contribution < -0.4 is 0 Å². The molecule has 162 valence electrons. The highest BCUT2D eigenvalue weighted by atomic mass is 32.2. The van der Waals surface area contributed by atoms with E-state index in [0.29, 0.717) is 0 Å². The fourth-order valence-electron chi connectivity index (χ4n) is 2.27. The molecule has 4 aromatic carbocycles. The summed E-state index contributed by atoms with van der Waals surface area (Å²) in [5, 5.41) is 5.24. The molecule has 4 aromatic rings. The Balaban J connectivity index is 0.000000400. The van der Waals surface area contributed by atoms with Crippen molar-refractivity contribution in [3.63, 3.8) is 0 Å². The molecule has 0 amide bonds. The largest absolute Gasteiger partial charge is 0.274 e. The summed E-state index contributed by atoms with van der Waals surface area (Å²) in [4.78, 5) is 0. The zero-order valence-corrected chi connectivity index (χ0v) is 19.7. The molecule has 0 aromatic heterocycles. The van der Waals surface area contributed by atoms with E-state index in [4.69, 9.17) is 0 Å². The SMILES string of the molecule is CC.CC.COS(C)(=O)=O.c1ccc2ccccc2c1.c1ccc2ccccc2c1. The molecule has 4 rings (SSSR count). The number of fused-ring (bicyclic) bond motifs is 2. The number of hydrogen-bond acceptors (Lipinski definition) is 3. The van der Waals surface area contributed by atoms with Gasteiger partial charge in [-0.15, -0.1) is 0 Å². The van der Waals surface area contributed by atoms with Crippen LogP contribution in [0.4, 0.5) is 0 Å². The average Bonchev–Trinajstić information content (AvgIpc) is 2.82. The maximum absolute atomic E-state index is 9.78. The second-order valence-electron chi connectivity index (χ2n) is 5.57. The van der Waals surface area contributed by atoms with Gasteiger partial charge in [-0.25, -0.2) is 0 Å². The third-order valence-corrected chi connectivity index (χ3v) is 4.23. The van der Waals surface area contributed by atoms with Gasteiger partial charge in [0.2, 0.25) is 0 Å². The van der Waals surface area contributed by atoms with Gasteiger partial charge in [0.15, 0.2) is 0 Å². The first-order chi connectivity index (χ1) is 14.5. The van der Waals surface area contributed by atoms with E-state index in [2.05, 4.69) is 101 Å². The monoisotopic (exact) mass is 426 g/mol. The van der Waals surface area contributed by atoms with E-state index < -0.39 is 10.1 Å². The molecule has 0 unspecified atom stereocenters. The summed E-state index contributed by atoms with van der Waals surface area (Å²) < 4.78 is 23.5. The van der Waals surface area contributed by atoms with E-state index in [0.717, 1.165) is 13.4 Å². The van der Waals surface area contributed by atoms with Crippen molar-refractivity contribution in [3.05, 3.63) is 97.1 Å². The molecule has 30 heavy (non-hydrogen) atoms. The van der Waals surface area contributed by atoms with Crippen molar-refractivity contribution in [1.29, 1.82) is 0 Å². The van der Waals surface area contributed by atoms with Gasteiger partial charge in [0.1, 0.15) is 0 Å². The van der Waals surface area contributed by atoms with Crippen molar-refractivity contribution in [2.75, 3.05) is 13.4 Å². The third-order valence-electron chi connectivity index (χ3n) is 3.62. The number of rotatable bonds is 1. The normalized spacial score (nSPS) is 9.40. The van der Waals surface area contributed by atoms with Crippen molar-refractivity contribution in [3.8, 4) is 0 Å². The van der Waals surface area contributed by atoms with Crippen LogP contribution in [0.25, 0.3) is 21.5 Å². The van der Waals surface area contributed by atoms with Gasteiger partial charge in [-0.2, -0.15) is 8.42 Å². The predicted molar refractivity (Wildman–Crippen MR) is 132 cm³/mol. The molecule has 0 aliphatic rings. The minimum Gasteiger partial charge on any atom is -0.274 e. The topological polar surface area (TPSA) is 43.4 Å². The van der Waals surface area contributed by atoms with E-state index in [9.17, 15) is 8.42 Å². The molecule has 0 bridgehead atoms. The van der Waals surface area contributed by atoms with Gasteiger partial charge in [-0.1, -0.05) is 125 Å². The van der Waals surface area contributed by atoms with Crippen LogP contribution in [0.1, 0.15) is 27.7 Å². The van der Waals surface area contributed by atoms with Crippen LogP contribution in [0.3, 0.4) is 0 Å². The second-order valence-corrected chi connectivity index (χ2v) is 7.31. The first-order valence-corrected chi connectivity index (χ1v) is 11.9. The molecule has 0 aliphatic heterocycles. The summed E-state index contributed by atoms with van der Waals surface area (Å²) in [5.74, 6) is 0. The maximum Gasteiger partial charge on any atom is 0.264 e. The van der Waals surface area contributed by atoms with Crippen LogP contribution >= 0.6 is 0 Å². The summed E-state index contributed by atoms with van der Waals surface area (Å²) in [6, 6.07) is 33.4. The minimum absolute atomic E-state index is 0.993. The van der Waals surface area contributed by atoms with Gasteiger partial charge in [0.05, 0.1) is 13.4 Å². The van der Waals surface area contributed by atoms with Gasteiger partial charge >= 0.3 is 0 Å². The summed E-state index contributed by atoms with van der Waals surface area (Å²) in [7, 11) is -2.04. The molecule has 0 saturated heterocycles. The maximum atomic E-state index is 9.78. The van der Waals surface area contributed by atoms with Crippen molar-refractivity contribution in [1.82, 2.24) is 0 Å². The van der Waals surface area contributed by atoms with Crippen LogP contribution in [0.2, 0.25) is 0 Å². The quantitative estimate of drug-likeness (QED) is 0.299. The van der Waals surface area contributed by atoms with Gasteiger partial charge in [-0.3, -0.25) is 4.18 Å². The van der Waals surface area contributed by atoms with Crippen LogP contribution in [0, 0.1) is 0 Å². The molecular formula is C26H34O3S. The molecule has 0 spiro atoms. The second kappa shape index (κ2) is 16.1. The highest BCUT2D eigenvalue weighted by molar-refractivity contribution is 7.85. The first kappa shape index (κ1) is 27.3. The van der Waals surface area contributed by atoms with Crippen molar-refractivity contribution < 1.29 is 12.6 Å². The molecule has 0 atom stereocenters. The van der Waals surface area contributed by atoms with Gasteiger partial charge in [0.25, 0.3) is 10.1 Å². The van der Waals surface area contributed by atoms with E-state index in [1.54, 1.807) is 0 Å². The molecule has 4 heteroatoms. The minimum atomic E-state index is -3.16. The lowest BCUT2D eigenvalue weighted by atomic mass is 10.1. The first-order valence-electron chi connectivity index (χ1n) is 10.1. The van der Waals surface area contributed by atoms with E-state index >= 15 is 0 Å². The molecule has 0 N–H and O–H groups in total. The molecule has 0 saturated carbocycles. The number of hydrogen-bond donors (Lipinski definition) is 0. The molecule has 0 heterocycles. The van der Waals surface area contributed by atoms with Crippen LogP contribution in [-0.2, 0) is 14.3 Å². The summed E-state index contributed by atoms with van der Waals surface area (Å²) in [6.45, 7) is 8.00. The van der Waals surface area contributed by atoms with Crippen LogP contribution in [-0.4, -0.2) is 21.8 Å². The molecule has 0 fully saturated rings. The standard InChI is InChI=1S/2C10H8.C2H6O3S.2C2H6/c2*1-2-6-10-8-4-3-7-9(10)5-1;1-5-6(2,3)4;2*1-2/h2*1-8H;1-2H3;2*1-2H3. The predicted octanol–water partition coefficient (Wildman–Crippen LogP) is 7.32. The fraction of sp³-hybridized carbons (Fsp3) is 0.231. The van der Waals surface area contributed by atoms with Gasteiger partial charge in [-0.05, 0) is 21.5 Å². The summed E-state index contributed by atoms with van der Waals surface area (Å²) >= 11 is 0. The lowest BCUT2D eigenvalue weighted by Gasteiger charge is -1.92. The highest BCUT2D eigenvalue weighted by Gasteiger charge is 1.90. The molecule has 3 nitrogen and oxygen atoms in total. The zero-order valence-electron chi connectivity index (χ0n) is 18.9. The zero-order chi connectivity index (χ0) is 22.8. The average molecular weight is 427 g/mol. The Kier molecular flexibility index (Phi) is 14.7. The van der Waals surface area contributed by atoms with E-state index in [1.165, 1.54) is 21.5 Å². The molecular weight excluding hydrogens is 392 g/mol. The molecule has 0 aliphatic carbocycles. The van der Waals surface area contributed by atoms with Crippen LogP contribution in [0.5, 0.6) is 0 Å². The van der Waals surface area contributed by atoms with E-state index in [-0.39, 0.29) is 0 Å². The smallest absolute Gasteiger partial charge is 0.264 e. The van der Waals surface area contributed by atoms with E-state index in [1.807, 2.05) is 27.7 Å². The van der Waals surface area contributed by atoms with Crippen molar-refractivity contribution >= 4 is 31.7 Å². The fourth-order valence-corrected chi connectivity index (χ4v) is 2.27. The lowest BCUT2D eigenvalue weighted by Crippen LogP contribution is -1.95. The molecule has 0 radical (unpaired) electrons. The third kappa shape index (κ3) is 11.3. The lowest BCUT2D eigenvalue weighted by molar-refractivity contribution is 0.403. The summed E-state index contributed by atoms with van der Waals surface area (Å²) in [5.41, 5.74) is 0. The summed E-state index contributed by atoms with van der Waals surface area (Å²) in [6.07, 6.45) is 0.993. The Morgan fingerprint density at radius 1 is 0.500 bits per heavy atom. The van der Waals surface area contributed by atoms with Gasteiger partial charge < -0.3 is 0 Å². The Labute approximate surface area is 182 Å². The Bertz CT molecular complexity index is 855. The highest BCUT2D eigenvalue weighted by Crippen LogP contribution is 2.12. The Hall–Kier alpha value is -2.69. The van der Waals surface area contributed by atoms with Crippen molar-refractivity contribution in [2.24, 2.45) is 0 Å². The Morgan fingerprint density at radius 2 is 0.633 bits per heavy atom.